The first-order valence-corrected chi connectivity index (χ1v) is 7.69. The van der Waals surface area contributed by atoms with E-state index in [-0.39, 0.29) is 11.9 Å². The largest absolute Gasteiger partial charge is 0.328 e. The van der Waals surface area contributed by atoms with Crippen LogP contribution in [0.2, 0.25) is 0 Å². The first-order chi connectivity index (χ1) is 9.75. The third-order valence-corrected chi connectivity index (χ3v) is 4.41. The molecule has 104 valence electrons. The summed E-state index contributed by atoms with van der Waals surface area (Å²) in [5, 5.41) is 4.21. The number of aromatic nitrogens is 3. The molecule has 1 atom stereocenters. The van der Waals surface area contributed by atoms with E-state index in [1.807, 2.05) is 48.2 Å². The van der Waals surface area contributed by atoms with Gasteiger partial charge in [-0.15, -0.1) is 0 Å². The van der Waals surface area contributed by atoms with Crippen LogP contribution in [0.25, 0.3) is 0 Å². The molecule has 1 saturated heterocycles. The zero-order chi connectivity index (χ0) is 13.9. The molecule has 6 heteroatoms. The lowest BCUT2D eigenvalue weighted by Crippen LogP contribution is -2.41. The van der Waals surface area contributed by atoms with E-state index in [1.165, 1.54) is 0 Å². The van der Waals surface area contributed by atoms with Crippen LogP contribution in [0.1, 0.15) is 22.1 Å². The summed E-state index contributed by atoms with van der Waals surface area (Å²) in [7, 11) is 1.89. The van der Waals surface area contributed by atoms with Gasteiger partial charge < -0.3 is 4.90 Å². The van der Waals surface area contributed by atoms with Gasteiger partial charge in [0.05, 0.1) is 12.2 Å². The normalized spacial score (nSPS) is 19.1. The molecule has 2 aromatic rings. The molecule has 3 rings (SSSR count). The molecule has 3 heterocycles. The average molecular weight is 288 g/mol. The summed E-state index contributed by atoms with van der Waals surface area (Å²) in [6.07, 6.45) is 5.48. The highest BCUT2D eigenvalue weighted by Crippen LogP contribution is 2.30. The monoisotopic (exact) mass is 288 g/mol. The number of pyridine rings is 1. The Labute approximate surface area is 122 Å². The van der Waals surface area contributed by atoms with E-state index >= 15 is 0 Å². The topological polar surface area (TPSA) is 51.0 Å². The molecule has 1 amide bonds. The van der Waals surface area contributed by atoms with Crippen molar-refractivity contribution in [2.24, 2.45) is 7.05 Å². The first-order valence-electron chi connectivity index (χ1n) is 6.54. The second-order valence-electron chi connectivity index (χ2n) is 4.75. The number of hydrogen-bond acceptors (Lipinski definition) is 4. The van der Waals surface area contributed by atoms with Crippen molar-refractivity contribution in [2.75, 3.05) is 18.1 Å². The van der Waals surface area contributed by atoms with Crippen LogP contribution in [-0.2, 0) is 7.05 Å². The van der Waals surface area contributed by atoms with Crippen molar-refractivity contribution < 1.29 is 4.79 Å². The molecule has 0 saturated carbocycles. The number of hydrogen-bond donors (Lipinski definition) is 0. The van der Waals surface area contributed by atoms with E-state index in [9.17, 15) is 4.79 Å². The highest BCUT2D eigenvalue weighted by Gasteiger charge is 2.30. The van der Waals surface area contributed by atoms with Crippen molar-refractivity contribution in [3.8, 4) is 0 Å². The molecular formula is C14H16N4OS. The summed E-state index contributed by atoms with van der Waals surface area (Å²) in [6.45, 7) is 0.750. The highest BCUT2D eigenvalue weighted by atomic mass is 32.2. The Bertz CT molecular complexity index is 598. The predicted molar refractivity (Wildman–Crippen MR) is 78.5 cm³/mol. The van der Waals surface area contributed by atoms with Crippen LogP contribution in [0.5, 0.6) is 0 Å². The summed E-state index contributed by atoms with van der Waals surface area (Å²) in [5.41, 5.74) is 1.59. The third kappa shape index (κ3) is 2.56. The van der Waals surface area contributed by atoms with Crippen molar-refractivity contribution >= 4 is 17.7 Å². The van der Waals surface area contributed by atoms with Gasteiger partial charge in [0.2, 0.25) is 0 Å². The second kappa shape index (κ2) is 5.66. The molecule has 20 heavy (non-hydrogen) atoms. The lowest BCUT2D eigenvalue weighted by molar-refractivity contribution is 0.0695. The Hall–Kier alpha value is -1.82. The van der Waals surface area contributed by atoms with E-state index in [4.69, 9.17) is 0 Å². The van der Waals surface area contributed by atoms with Crippen molar-refractivity contribution in [3.05, 3.63) is 48.0 Å². The maximum Gasteiger partial charge on any atom is 0.273 e. The number of aryl methyl sites for hydroxylation is 1. The van der Waals surface area contributed by atoms with E-state index < -0.39 is 0 Å². The molecule has 1 fully saturated rings. The first kappa shape index (κ1) is 13.2. The molecule has 0 N–H and O–H groups in total. The van der Waals surface area contributed by atoms with Crippen LogP contribution in [0, 0.1) is 0 Å². The minimum atomic E-state index is -0.000229. The smallest absolute Gasteiger partial charge is 0.273 e. The summed E-state index contributed by atoms with van der Waals surface area (Å²) in [6, 6.07) is 5.51. The molecule has 0 unspecified atom stereocenters. The van der Waals surface area contributed by atoms with Crippen LogP contribution < -0.4 is 0 Å². The average Bonchev–Trinajstić information content (AvgIpc) is 2.94. The minimum absolute atomic E-state index is 0.000229. The molecule has 1 aliphatic heterocycles. The third-order valence-electron chi connectivity index (χ3n) is 3.38. The van der Waals surface area contributed by atoms with Gasteiger partial charge in [0, 0.05) is 43.1 Å². The lowest BCUT2D eigenvalue weighted by Gasteiger charge is -2.34. The van der Waals surface area contributed by atoms with Crippen LogP contribution in [0.4, 0.5) is 0 Å². The van der Waals surface area contributed by atoms with E-state index in [1.54, 1.807) is 16.9 Å². The molecule has 5 nitrogen and oxygen atoms in total. The fourth-order valence-electron chi connectivity index (χ4n) is 2.37. The van der Waals surface area contributed by atoms with E-state index in [0.29, 0.717) is 5.69 Å². The van der Waals surface area contributed by atoms with Crippen LogP contribution >= 0.6 is 11.8 Å². The summed E-state index contributed by atoms with van der Waals surface area (Å²) in [4.78, 5) is 18.7. The lowest BCUT2D eigenvalue weighted by atomic mass is 10.1. The number of amides is 1. The Kier molecular flexibility index (Phi) is 3.73. The van der Waals surface area contributed by atoms with Gasteiger partial charge >= 0.3 is 0 Å². The van der Waals surface area contributed by atoms with E-state index in [2.05, 4.69) is 10.1 Å². The zero-order valence-electron chi connectivity index (χ0n) is 11.3. The van der Waals surface area contributed by atoms with Gasteiger partial charge in [-0.3, -0.25) is 14.5 Å². The quantitative estimate of drug-likeness (QED) is 0.845. The predicted octanol–water partition coefficient (Wildman–Crippen LogP) is 1.75. The van der Waals surface area contributed by atoms with Crippen molar-refractivity contribution in [3.63, 3.8) is 0 Å². The Morgan fingerprint density at radius 2 is 2.35 bits per heavy atom. The number of carbonyl (C=O) groups is 1. The zero-order valence-corrected chi connectivity index (χ0v) is 12.1. The summed E-state index contributed by atoms with van der Waals surface area (Å²) in [5.74, 6) is 1.87. The molecule has 1 aliphatic rings. The number of thioether (sulfide) groups is 1. The Balaban J connectivity index is 1.87. The number of carbonyl (C=O) groups excluding carboxylic acids is 1. The standard InChI is InChI=1S/C14H16N4OS/c1-17-9-11(8-16-17)13-10-20-7-6-18(13)14(19)12-4-2-3-5-15-12/h2-5,8-9,13H,6-7,10H2,1H3/t13-/m1/s1. The molecule has 0 bridgehead atoms. The highest BCUT2D eigenvalue weighted by molar-refractivity contribution is 7.99. The van der Waals surface area contributed by atoms with Gasteiger partial charge in [-0.2, -0.15) is 16.9 Å². The maximum atomic E-state index is 12.6. The van der Waals surface area contributed by atoms with Gasteiger partial charge in [-0.25, -0.2) is 0 Å². The van der Waals surface area contributed by atoms with Crippen molar-refractivity contribution in [1.82, 2.24) is 19.7 Å². The van der Waals surface area contributed by atoms with Crippen molar-refractivity contribution in [1.29, 1.82) is 0 Å². The Morgan fingerprint density at radius 3 is 3.05 bits per heavy atom. The fraction of sp³-hybridized carbons (Fsp3) is 0.357. The van der Waals surface area contributed by atoms with E-state index in [0.717, 1.165) is 23.6 Å². The minimum Gasteiger partial charge on any atom is -0.328 e. The van der Waals surface area contributed by atoms with Gasteiger partial charge in [0.25, 0.3) is 5.91 Å². The fourth-order valence-corrected chi connectivity index (χ4v) is 3.46. The molecular weight excluding hydrogens is 272 g/mol. The van der Waals surface area contributed by atoms with Crippen LogP contribution in [0.3, 0.4) is 0 Å². The van der Waals surface area contributed by atoms with Crippen molar-refractivity contribution in [2.45, 2.75) is 6.04 Å². The van der Waals surface area contributed by atoms with Gasteiger partial charge in [0.1, 0.15) is 5.69 Å². The van der Waals surface area contributed by atoms with Gasteiger partial charge in [0.15, 0.2) is 0 Å². The summed E-state index contributed by atoms with van der Waals surface area (Å²) < 4.78 is 1.78. The molecule has 2 aromatic heterocycles. The Morgan fingerprint density at radius 1 is 1.45 bits per heavy atom. The SMILES string of the molecule is Cn1cc([C@H]2CSCCN2C(=O)c2ccccn2)cn1. The second-order valence-corrected chi connectivity index (χ2v) is 5.90. The number of rotatable bonds is 2. The van der Waals surface area contributed by atoms with Crippen LogP contribution in [-0.4, -0.2) is 43.6 Å². The molecule has 0 radical (unpaired) electrons. The maximum absolute atomic E-state index is 12.6. The summed E-state index contributed by atoms with van der Waals surface area (Å²) >= 11 is 1.87. The van der Waals surface area contributed by atoms with Gasteiger partial charge in [-0.05, 0) is 12.1 Å². The molecule has 0 aliphatic carbocycles. The molecule has 0 spiro atoms. The van der Waals surface area contributed by atoms with Gasteiger partial charge in [-0.1, -0.05) is 6.07 Å². The molecule has 0 aromatic carbocycles. The number of nitrogens with zero attached hydrogens (tertiary/aromatic N) is 4. The van der Waals surface area contributed by atoms with Crippen LogP contribution in [0.15, 0.2) is 36.8 Å².